The molecule has 1 saturated heterocycles. The van der Waals surface area contributed by atoms with Gasteiger partial charge < -0.3 is 30.5 Å². The minimum atomic E-state index is -0.368. The number of carbonyl (C=O) groups excluding carboxylic acids is 1. The highest BCUT2D eigenvalue weighted by atomic mass is 16.3. The van der Waals surface area contributed by atoms with Crippen molar-refractivity contribution in [1.29, 1.82) is 0 Å². The van der Waals surface area contributed by atoms with E-state index in [9.17, 15) is 19.5 Å². The number of pyridine rings is 2. The minimum absolute atomic E-state index is 0.0781. The molecule has 0 radical (unpaired) electrons. The van der Waals surface area contributed by atoms with Crippen molar-refractivity contribution in [2.75, 3.05) is 42.1 Å². The van der Waals surface area contributed by atoms with Crippen LogP contribution in [0.15, 0.2) is 70.5 Å². The third-order valence-electron chi connectivity index (χ3n) is 8.67. The van der Waals surface area contributed by atoms with Gasteiger partial charge in [-0.25, -0.2) is 4.98 Å². The maximum Gasteiger partial charge on any atom is 0.279 e. The lowest BCUT2D eigenvalue weighted by atomic mass is 9.99. The van der Waals surface area contributed by atoms with Gasteiger partial charge in [0.2, 0.25) is 5.91 Å². The lowest BCUT2D eigenvalue weighted by Gasteiger charge is -2.35. The molecular weight excluding hydrogens is 584 g/mol. The first-order valence-electron chi connectivity index (χ1n) is 15.0. The van der Waals surface area contributed by atoms with Crippen molar-refractivity contribution in [3.8, 4) is 16.8 Å². The number of carbonyl (C=O) groups is 1. The molecule has 236 valence electrons. The number of benzene rings is 2. The van der Waals surface area contributed by atoms with Crippen LogP contribution >= 0.6 is 0 Å². The molecule has 4 heterocycles. The molecule has 0 aliphatic carbocycles. The van der Waals surface area contributed by atoms with Crippen LogP contribution < -0.4 is 27.1 Å². The molecule has 0 saturated carbocycles. The highest BCUT2D eigenvalue weighted by Gasteiger charge is 2.20. The molecule has 1 fully saturated rings. The summed E-state index contributed by atoms with van der Waals surface area (Å²) in [5.41, 5.74) is 11.0. The van der Waals surface area contributed by atoms with Gasteiger partial charge in [0.1, 0.15) is 11.5 Å². The SMILES string of the molecule is CC(=O)N1CCN(c2ccc(Nc3cc(-c4cccc(-n5nc(C)c6c(C)c(N)ccc6c5=O)c4CO)cn(C)c3=O)nc2)CC1. The molecule has 0 unspecified atom stereocenters. The standard InChI is InChI=1S/C34H36N8O4/c1-20-28(35)10-9-26-32(20)21(2)38-42(33(26)45)30-7-5-6-25(27(30)19-43)23-16-29(34(46)39(4)18-23)37-31-11-8-24(17-36-31)41-14-12-40(13-15-41)22(3)44/h5-11,16-18,43H,12-15,19,35H2,1-4H3,(H,36,37). The normalized spacial score (nSPS) is 13.3. The van der Waals surface area contributed by atoms with Gasteiger partial charge in [-0.05, 0) is 61.4 Å². The number of aryl methyl sites for hydroxylation is 3. The topological polar surface area (TPSA) is 152 Å². The van der Waals surface area contributed by atoms with E-state index in [0.29, 0.717) is 69.1 Å². The Balaban J connectivity index is 1.34. The number of nitrogens with one attached hydrogen (secondary N) is 1. The molecule has 1 amide bonds. The van der Waals surface area contributed by atoms with Crippen LogP contribution in [-0.2, 0) is 18.4 Å². The number of nitrogen functional groups attached to an aromatic ring is 1. The highest BCUT2D eigenvalue weighted by molar-refractivity contribution is 5.90. The van der Waals surface area contributed by atoms with Crippen molar-refractivity contribution in [2.24, 2.45) is 7.05 Å². The molecule has 3 aromatic heterocycles. The second-order valence-electron chi connectivity index (χ2n) is 11.5. The summed E-state index contributed by atoms with van der Waals surface area (Å²) in [6.45, 7) is 7.67. The van der Waals surface area contributed by atoms with E-state index in [1.54, 1.807) is 56.7 Å². The summed E-state index contributed by atoms with van der Waals surface area (Å²) >= 11 is 0. The zero-order chi connectivity index (χ0) is 32.7. The first-order valence-corrected chi connectivity index (χ1v) is 15.0. The summed E-state index contributed by atoms with van der Waals surface area (Å²) in [4.78, 5) is 47.1. The summed E-state index contributed by atoms with van der Waals surface area (Å²) in [7, 11) is 1.66. The van der Waals surface area contributed by atoms with E-state index >= 15 is 0 Å². The van der Waals surface area contributed by atoms with E-state index in [0.717, 1.165) is 24.3 Å². The number of nitrogens with zero attached hydrogens (tertiary/aromatic N) is 6. The first kappa shape index (κ1) is 30.5. The monoisotopic (exact) mass is 620 g/mol. The number of fused-ring (bicyclic) bond motifs is 1. The van der Waals surface area contributed by atoms with E-state index in [1.807, 2.05) is 36.9 Å². The first-order chi connectivity index (χ1) is 22.1. The van der Waals surface area contributed by atoms with Crippen molar-refractivity contribution >= 4 is 39.6 Å². The van der Waals surface area contributed by atoms with Gasteiger partial charge in [0.25, 0.3) is 11.1 Å². The summed E-state index contributed by atoms with van der Waals surface area (Å²) < 4.78 is 2.78. The lowest BCUT2D eigenvalue weighted by Crippen LogP contribution is -2.48. The van der Waals surface area contributed by atoms with E-state index in [4.69, 9.17) is 5.73 Å². The molecule has 6 rings (SSSR count). The Morgan fingerprint density at radius 3 is 2.46 bits per heavy atom. The second-order valence-corrected chi connectivity index (χ2v) is 11.5. The summed E-state index contributed by atoms with van der Waals surface area (Å²) in [6, 6.07) is 14.2. The number of hydrogen-bond donors (Lipinski definition) is 3. The Morgan fingerprint density at radius 2 is 1.78 bits per heavy atom. The molecule has 12 nitrogen and oxygen atoms in total. The van der Waals surface area contributed by atoms with Crippen molar-refractivity contribution in [3.05, 3.63) is 98.5 Å². The van der Waals surface area contributed by atoms with Crippen LogP contribution in [-0.4, -0.2) is 61.4 Å². The smallest absolute Gasteiger partial charge is 0.279 e. The maximum absolute atomic E-state index is 13.7. The van der Waals surface area contributed by atoms with Crippen LogP contribution in [0.25, 0.3) is 27.6 Å². The number of aromatic nitrogens is 4. The lowest BCUT2D eigenvalue weighted by molar-refractivity contribution is -0.129. The molecular formula is C34H36N8O4. The Bertz CT molecular complexity index is 2090. The maximum atomic E-state index is 13.7. The quantitative estimate of drug-likeness (QED) is 0.243. The fourth-order valence-corrected chi connectivity index (χ4v) is 6.12. The Labute approximate surface area is 265 Å². The van der Waals surface area contributed by atoms with Crippen molar-refractivity contribution in [1.82, 2.24) is 24.2 Å². The van der Waals surface area contributed by atoms with E-state index < -0.39 is 0 Å². The van der Waals surface area contributed by atoms with Crippen LogP contribution in [0.1, 0.15) is 23.7 Å². The fraction of sp³-hybridized carbons (Fsp3) is 0.265. The Morgan fingerprint density at radius 1 is 1.02 bits per heavy atom. The van der Waals surface area contributed by atoms with Gasteiger partial charge in [0, 0.05) is 68.5 Å². The Hall–Kier alpha value is -5.49. The van der Waals surface area contributed by atoms with Gasteiger partial charge in [-0.15, -0.1) is 0 Å². The molecule has 4 N–H and O–H groups in total. The van der Waals surface area contributed by atoms with Crippen LogP contribution in [0.2, 0.25) is 0 Å². The average molecular weight is 621 g/mol. The molecule has 1 aliphatic rings. The third-order valence-corrected chi connectivity index (χ3v) is 8.67. The van der Waals surface area contributed by atoms with Crippen molar-refractivity contribution in [2.45, 2.75) is 27.4 Å². The second kappa shape index (κ2) is 12.1. The zero-order valence-electron chi connectivity index (χ0n) is 26.2. The number of piperazine rings is 1. The number of hydrogen-bond acceptors (Lipinski definition) is 9. The van der Waals surface area contributed by atoms with E-state index in [-0.39, 0.29) is 23.6 Å². The van der Waals surface area contributed by atoms with Gasteiger partial charge >= 0.3 is 0 Å². The summed E-state index contributed by atoms with van der Waals surface area (Å²) in [5, 5.41) is 19.6. The molecule has 46 heavy (non-hydrogen) atoms. The zero-order valence-corrected chi connectivity index (χ0v) is 26.2. The molecule has 12 heteroatoms. The van der Waals surface area contributed by atoms with Gasteiger partial charge in [0.15, 0.2) is 0 Å². The van der Waals surface area contributed by atoms with Crippen molar-refractivity contribution < 1.29 is 9.90 Å². The highest BCUT2D eigenvalue weighted by Crippen LogP contribution is 2.31. The van der Waals surface area contributed by atoms with Crippen LogP contribution in [0.4, 0.5) is 22.9 Å². The predicted octanol–water partition coefficient (Wildman–Crippen LogP) is 3.25. The van der Waals surface area contributed by atoms with Crippen LogP contribution in [0.3, 0.4) is 0 Å². The minimum Gasteiger partial charge on any atom is -0.398 e. The van der Waals surface area contributed by atoms with Gasteiger partial charge in [-0.2, -0.15) is 9.78 Å². The number of aliphatic hydroxyl groups is 1. The van der Waals surface area contributed by atoms with Crippen LogP contribution in [0, 0.1) is 13.8 Å². The number of nitrogens with two attached hydrogens (primary N) is 1. The van der Waals surface area contributed by atoms with E-state index in [2.05, 4.69) is 20.3 Å². The Kier molecular flexibility index (Phi) is 8.05. The number of amides is 1. The van der Waals surface area contributed by atoms with Crippen LogP contribution in [0.5, 0.6) is 0 Å². The molecule has 5 aromatic rings. The summed E-state index contributed by atoms with van der Waals surface area (Å²) in [5.74, 6) is 0.573. The number of rotatable bonds is 6. The molecule has 0 spiro atoms. The molecule has 0 bridgehead atoms. The third kappa shape index (κ3) is 5.47. The molecule has 0 atom stereocenters. The molecule has 2 aromatic carbocycles. The average Bonchev–Trinajstić information content (AvgIpc) is 3.06. The summed E-state index contributed by atoms with van der Waals surface area (Å²) in [6.07, 6.45) is 3.44. The van der Waals surface area contributed by atoms with Gasteiger partial charge in [-0.3, -0.25) is 14.4 Å². The fourth-order valence-electron chi connectivity index (χ4n) is 6.12. The van der Waals surface area contributed by atoms with E-state index in [1.165, 1.54) is 9.25 Å². The van der Waals surface area contributed by atoms with Gasteiger partial charge in [0.05, 0.1) is 35.3 Å². The number of aliphatic hydroxyl groups excluding tert-OH is 1. The predicted molar refractivity (Wildman–Crippen MR) is 180 cm³/mol. The largest absolute Gasteiger partial charge is 0.398 e. The van der Waals surface area contributed by atoms with Gasteiger partial charge in [-0.1, -0.05) is 12.1 Å². The van der Waals surface area contributed by atoms with Crippen molar-refractivity contribution in [3.63, 3.8) is 0 Å². The molecule has 1 aliphatic heterocycles. The number of anilines is 4.